The van der Waals surface area contributed by atoms with Crippen LogP contribution in [0.4, 0.5) is 4.39 Å². The summed E-state index contributed by atoms with van der Waals surface area (Å²) >= 11 is 0. The minimum absolute atomic E-state index is 0.277. The topological polar surface area (TPSA) is 85.0 Å². The highest BCUT2D eigenvalue weighted by Gasteiger charge is 2.27. The van der Waals surface area contributed by atoms with Crippen LogP contribution < -0.4 is 5.32 Å². The van der Waals surface area contributed by atoms with E-state index in [4.69, 9.17) is 0 Å². The molecule has 1 fully saturated rings. The number of rotatable bonds is 5. The van der Waals surface area contributed by atoms with Gasteiger partial charge in [-0.2, -0.15) is 0 Å². The lowest BCUT2D eigenvalue weighted by molar-refractivity contribution is 0.0718. The number of imidazole rings is 1. The van der Waals surface area contributed by atoms with Gasteiger partial charge in [-0.05, 0) is 36.6 Å². The third kappa shape index (κ3) is 3.89. The van der Waals surface area contributed by atoms with Crippen molar-refractivity contribution < 1.29 is 14.3 Å². The van der Waals surface area contributed by atoms with Gasteiger partial charge in [-0.3, -0.25) is 9.36 Å². The van der Waals surface area contributed by atoms with Crippen LogP contribution in [0.25, 0.3) is 16.7 Å². The lowest BCUT2D eigenvalue weighted by atomic mass is 9.92. The molecule has 0 radical (unpaired) electrons. The molecule has 1 aliphatic rings. The molecule has 0 saturated heterocycles. The van der Waals surface area contributed by atoms with Crippen LogP contribution in [-0.4, -0.2) is 42.3 Å². The van der Waals surface area contributed by atoms with Gasteiger partial charge in [0.05, 0.1) is 23.2 Å². The van der Waals surface area contributed by atoms with Crippen molar-refractivity contribution in [3.63, 3.8) is 0 Å². The Hall–Kier alpha value is -3.52. The SMILES string of the molecule is O=C(N[C@H]1CCCC[C@@H]1O)c1cn(Cc2ccc(-n3ccnc3)nc2)c2cccc(F)c12. The molecule has 8 heteroatoms. The minimum atomic E-state index is -0.564. The first kappa shape index (κ1) is 20.4. The van der Waals surface area contributed by atoms with Crippen molar-refractivity contribution >= 4 is 16.8 Å². The van der Waals surface area contributed by atoms with E-state index in [0.29, 0.717) is 23.9 Å². The maximum Gasteiger partial charge on any atom is 0.253 e. The Morgan fingerprint density at radius 1 is 1.22 bits per heavy atom. The Kier molecular flexibility index (Phi) is 5.45. The van der Waals surface area contributed by atoms with E-state index in [1.807, 2.05) is 27.5 Å². The molecular weight excluding hydrogens is 409 g/mol. The van der Waals surface area contributed by atoms with Gasteiger partial charge in [0, 0.05) is 36.7 Å². The smallest absolute Gasteiger partial charge is 0.253 e. The number of hydrogen-bond donors (Lipinski definition) is 2. The summed E-state index contributed by atoms with van der Waals surface area (Å²) in [4.78, 5) is 21.5. The first-order chi connectivity index (χ1) is 15.6. The molecular formula is C24H24FN5O2. The normalized spacial score (nSPS) is 18.7. The van der Waals surface area contributed by atoms with E-state index in [2.05, 4.69) is 15.3 Å². The van der Waals surface area contributed by atoms with Gasteiger partial charge in [0.25, 0.3) is 5.91 Å². The maximum atomic E-state index is 14.8. The average molecular weight is 433 g/mol. The zero-order valence-corrected chi connectivity index (χ0v) is 17.5. The highest BCUT2D eigenvalue weighted by atomic mass is 19.1. The summed E-state index contributed by atoms with van der Waals surface area (Å²) in [5.41, 5.74) is 1.83. The molecule has 5 rings (SSSR count). The second-order valence-electron chi connectivity index (χ2n) is 8.23. The number of carbonyl (C=O) groups is 1. The molecule has 0 aliphatic heterocycles. The summed E-state index contributed by atoms with van der Waals surface area (Å²) in [6.07, 6.45) is 11.4. The number of hydrogen-bond acceptors (Lipinski definition) is 4. The predicted molar refractivity (Wildman–Crippen MR) is 118 cm³/mol. The van der Waals surface area contributed by atoms with E-state index in [-0.39, 0.29) is 17.5 Å². The van der Waals surface area contributed by atoms with Gasteiger partial charge in [0.2, 0.25) is 0 Å². The number of carbonyl (C=O) groups excluding carboxylic acids is 1. The summed E-state index contributed by atoms with van der Waals surface area (Å²) in [5, 5.41) is 13.4. The highest BCUT2D eigenvalue weighted by Crippen LogP contribution is 2.26. The summed E-state index contributed by atoms with van der Waals surface area (Å²) in [6, 6.07) is 8.34. The van der Waals surface area contributed by atoms with Gasteiger partial charge in [-0.1, -0.05) is 25.0 Å². The second-order valence-corrected chi connectivity index (χ2v) is 8.23. The van der Waals surface area contributed by atoms with Crippen LogP contribution in [0.1, 0.15) is 41.6 Å². The molecule has 3 heterocycles. The molecule has 2 N–H and O–H groups in total. The molecule has 1 amide bonds. The fourth-order valence-electron chi connectivity index (χ4n) is 4.39. The quantitative estimate of drug-likeness (QED) is 0.505. The summed E-state index contributed by atoms with van der Waals surface area (Å²) < 4.78 is 18.4. The zero-order chi connectivity index (χ0) is 22.1. The number of pyridine rings is 1. The van der Waals surface area contributed by atoms with E-state index in [0.717, 1.165) is 30.6 Å². The molecule has 32 heavy (non-hydrogen) atoms. The van der Waals surface area contributed by atoms with Gasteiger partial charge in [0.1, 0.15) is 18.0 Å². The van der Waals surface area contributed by atoms with Gasteiger partial charge < -0.3 is 15.0 Å². The summed E-state index contributed by atoms with van der Waals surface area (Å²) in [5.74, 6) is -0.0525. The molecule has 2 atom stereocenters. The van der Waals surface area contributed by atoms with Crippen LogP contribution in [0.3, 0.4) is 0 Å². The van der Waals surface area contributed by atoms with Crippen LogP contribution in [0.5, 0.6) is 0 Å². The fraction of sp³-hybridized carbons (Fsp3) is 0.292. The first-order valence-electron chi connectivity index (χ1n) is 10.8. The molecule has 3 aromatic heterocycles. The Labute approximate surface area is 184 Å². The van der Waals surface area contributed by atoms with Crippen molar-refractivity contribution in [1.82, 2.24) is 24.4 Å². The van der Waals surface area contributed by atoms with Crippen LogP contribution in [0, 0.1) is 5.82 Å². The largest absolute Gasteiger partial charge is 0.391 e. The number of aromatic nitrogens is 4. The molecule has 4 aromatic rings. The lowest BCUT2D eigenvalue weighted by Crippen LogP contribution is -2.45. The second kappa shape index (κ2) is 8.55. The van der Waals surface area contributed by atoms with Crippen LogP contribution in [-0.2, 0) is 6.54 Å². The number of aliphatic hydroxyl groups is 1. The number of benzene rings is 1. The van der Waals surface area contributed by atoms with Crippen LogP contribution >= 0.6 is 0 Å². The van der Waals surface area contributed by atoms with E-state index in [9.17, 15) is 14.3 Å². The van der Waals surface area contributed by atoms with Crippen LogP contribution in [0.15, 0.2) is 61.4 Å². The molecule has 164 valence electrons. The Morgan fingerprint density at radius 2 is 2.09 bits per heavy atom. The summed E-state index contributed by atoms with van der Waals surface area (Å²) in [7, 11) is 0. The molecule has 7 nitrogen and oxygen atoms in total. The van der Waals surface area contributed by atoms with E-state index < -0.39 is 11.9 Å². The number of amides is 1. The maximum absolute atomic E-state index is 14.8. The van der Waals surface area contributed by atoms with E-state index in [1.54, 1.807) is 37.1 Å². The van der Waals surface area contributed by atoms with Gasteiger partial charge in [0.15, 0.2) is 0 Å². The minimum Gasteiger partial charge on any atom is -0.391 e. The van der Waals surface area contributed by atoms with Crippen molar-refractivity contribution in [3.05, 3.63) is 78.4 Å². The van der Waals surface area contributed by atoms with E-state index >= 15 is 0 Å². The number of fused-ring (bicyclic) bond motifs is 1. The molecule has 0 unspecified atom stereocenters. The number of nitrogens with one attached hydrogen (secondary N) is 1. The molecule has 1 aromatic carbocycles. The Bertz CT molecular complexity index is 1230. The van der Waals surface area contributed by atoms with Crippen molar-refractivity contribution in [2.24, 2.45) is 0 Å². The standard InChI is InChI=1S/C24H24FN5O2/c25-18-4-3-6-20-23(18)17(24(32)28-19-5-1-2-7-21(19)31)14-30(20)13-16-8-9-22(27-12-16)29-11-10-26-15-29/h3-4,6,8-12,14-15,19,21,31H,1-2,5,7,13H2,(H,28,32)/t19-,21-/m0/s1. The third-order valence-electron chi connectivity index (χ3n) is 6.08. The van der Waals surface area contributed by atoms with Gasteiger partial charge in [-0.25, -0.2) is 14.4 Å². The van der Waals surface area contributed by atoms with E-state index in [1.165, 1.54) is 6.07 Å². The van der Waals surface area contributed by atoms with Crippen LogP contribution in [0.2, 0.25) is 0 Å². The average Bonchev–Trinajstić information content (AvgIpc) is 3.46. The number of nitrogens with zero attached hydrogens (tertiary/aromatic N) is 4. The molecule has 1 saturated carbocycles. The monoisotopic (exact) mass is 433 g/mol. The van der Waals surface area contributed by atoms with Gasteiger partial charge in [-0.15, -0.1) is 0 Å². The third-order valence-corrected chi connectivity index (χ3v) is 6.08. The molecule has 1 aliphatic carbocycles. The van der Waals surface area contributed by atoms with Crippen molar-refractivity contribution in [1.29, 1.82) is 0 Å². The highest BCUT2D eigenvalue weighted by molar-refractivity contribution is 6.07. The molecule has 0 spiro atoms. The Morgan fingerprint density at radius 3 is 2.84 bits per heavy atom. The Balaban J connectivity index is 1.44. The van der Waals surface area contributed by atoms with Crippen molar-refractivity contribution in [2.75, 3.05) is 0 Å². The fourth-order valence-corrected chi connectivity index (χ4v) is 4.39. The van der Waals surface area contributed by atoms with Gasteiger partial charge >= 0.3 is 0 Å². The zero-order valence-electron chi connectivity index (χ0n) is 17.5. The van der Waals surface area contributed by atoms with Crippen molar-refractivity contribution in [2.45, 2.75) is 44.4 Å². The number of aliphatic hydroxyl groups excluding tert-OH is 1. The number of halogens is 1. The molecule has 0 bridgehead atoms. The summed E-state index contributed by atoms with van der Waals surface area (Å²) in [6.45, 7) is 0.441. The first-order valence-corrected chi connectivity index (χ1v) is 10.8. The predicted octanol–water partition coefficient (Wildman–Crippen LogP) is 3.44. The van der Waals surface area contributed by atoms with Crippen molar-refractivity contribution in [3.8, 4) is 5.82 Å². The lowest BCUT2D eigenvalue weighted by Gasteiger charge is -2.28.